The van der Waals surface area contributed by atoms with Crippen LogP contribution in [0.25, 0.3) is 0 Å². The maximum Gasteiger partial charge on any atom is 0.277 e. The summed E-state index contributed by atoms with van der Waals surface area (Å²) in [5.41, 5.74) is 1.00. The Labute approximate surface area is 136 Å². The lowest BCUT2D eigenvalue weighted by Crippen LogP contribution is -2.45. The topological polar surface area (TPSA) is 78.5 Å². The van der Waals surface area contributed by atoms with Crippen molar-refractivity contribution in [3.63, 3.8) is 0 Å². The second kappa shape index (κ2) is 7.41. The van der Waals surface area contributed by atoms with Crippen molar-refractivity contribution < 1.29 is 13.2 Å². The van der Waals surface area contributed by atoms with Gasteiger partial charge in [-0.3, -0.25) is 4.79 Å². The van der Waals surface area contributed by atoms with E-state index in [1.54, 1.807) is 4.90 Å². The first-order valence-electron chi connectivity index (χ1n) is 7.14. The van der Waals surface area contributed by atoms with Gasteiger partial charge in [-0.15, -0.1) is 0 Å². The van der Waals surface area contributed by atoms with Crippen LogP contribution in [-0.4, -0.2) is 45.4 Å². The van der Waals surface area contributed by atoms with Gasteiger partial charge in [0.15, 0.2) is 0 Å². The highest BCUT2D eigenvalue weighted by Gasteiger charge is 2.29. The van der Waals surface area contributed by atoms with Crippen molar-refractivity contribution >= 4 is 27.7 Å². The molecule has 1 aliphatic heterocycles. The third kappa shape index (κ3) is 4.42. The molecule has 1 aliphatic rings. The predicted octanol–water partition coefficient (Wildman–Crippen LogP) is 0.927. The number of carbonyl (C=O) groups is 1. The summed E-state index contributed by atoms with van der Waals surface area (Å²) < 4.78 is 27.0. The van der Waals surface area contributed by atoms with E-state index in [2.05, 4.69) is 9.44 Å². The van der Waals surface area contributed by atoms with E-state index in [1.165, 1.54) is 7.05 Å². The van der Waals surface area contributed by atoms with Crippen LogP contribution in [0.2, 0.25) is 5.02 Å². The Balaban J connectivity index is 1.98. The fraction of sp³-hybridized carbons (Fsp3) is 0.500. The maximum absolute atomic E-state index is 12.2. The smallest absolute Gasteiger partial charge is 0.277 e. The van der Waals surface area contributed by atoms with Gasteiger partial charge in [-0.05, 0) is 30.9 Å². The molecule has 1 amide bonds. The zero-order chi connectivity index (χ0) is 16.2. The number of nitrogens with one attached hydrogen (secondary N) is 2. The second-order valence-corrected chi connectivity index (χ2v) is 7.32. The first-order valence-corrected chi connectivity index (χ1v) is 9.00. The number of carbonyl (C=O) groups excluding carboxylic acids is 1. The van der Waals surface area contributed by atoms with E-state index in [0.29, 0.717) is 18.0 Å². The number of rotatable bonds is 6. The lowest BCUT2D eigenvalue weighted by Gasteiger charge is -2.25. The average molecular weight is 346 g/mol. The van der Waals surface area contributed by atoms with E-state index in [9.17, 15) is 13.2 Å². The number of hydrogen-bond acceptors (Lipinski definition) is 3. The molecule has 0 radical (unpaired) electrons. The standard InChI is InChI=1S/C14H20ClN3O3S/c1-16-22(20,21)17-10-14(19)18-8-4-6-12(18)9-11-5-2-3-7-13(11)15/h2-3,5,7,12,16-17H,4,6,8-10H2,1H3. The molecule has 1 unspecified atom stereocenters. The molecule has 2 rings (SSSR count). The molecule has 1 heterocycles. The highest BCUT2D eigenvalue weighted by molar-refractivity contribution is 7.87. The maximum atomic E-state index is 12.2. The Hall–Kier alpha value is -1.15. The van der Waals surface area contributed by atoms with Crippen LogP contribution in [0, 0.1) is 0 Å². The molecule has 8 heteroatoms. The van der Waals surface area contributed by atoms with E-state index >= 15 is 0 Å². The minimum atomic E-state index is -3.60. The van der Waals surface area contributed by atoms with E-state index in [0.717, 1.165) is 18.4 Å². The number of benzene rings is 1. The molecule has 0 saturated carbocycles. The first kappa shape index (κ1) is 17.2. The summed E-state index contributed by atoms with van der Waals surface area (Å²) in [5.74, 6) is -0.214. The molecule has 0 spiro atoms. The number of nitrogens with zero attached hydrogens (tertiary/aromatic N) is 1. The van der Waals surface area contributed by atoms with Crippen LogP contribution < -0.4 is 9.44 Å². The number of amides is 1. The summed E-state index contributed by atoms with van der Waals surface area (Å²) in [6, 6.07) is 7.64. The molecule has 0 bridgehead atoms. The molecule has 1 atom stereocenters. The van der Waals surface area contributed by atoms with Gasteiger partial charge in [0.25, 0.3) is 10.2 Å². The molecule has 122 valence electrons. The molecule has 1 aromatic carbocycles. The summed E-state index contributed by atoms with van der Waals surface area (Å²) in [6.07, 6.45) is 2.50. The fourth-order valence-electron chi connectivity index (χ4n) is 2.62. The number of hydrogen-bond donors (Lipinski definition) is 2. The summed E-state index contributed by atoms with van der Waals surface area (Å²) in [6.45, 7) is 0.414. The van der Waals surface area contributed by atoms with Crippen molar-refractivity contribution in [3.05, 3.63) is 34.9 Å². The van der Waals surface area contributed by atoms with Gasteiger partial charge < -0.3 is 4.90 Å². The van der Waals surface area contributed by atoms with Crippen molar-refractivity contribution in [2.45, 2.75) is 25.3 Å². The van der Waals surface area contributed by atoms with E-state index in [-0.39, 0.29) is 18.5 Å². The Morgan fingerprint density at radius 3 is 2.82 bits per heavy atom. The van der Waals surface area contributed by atoms with Crippen LogP contribution in [0.4, 0.5) is 0 Å². The van der Waals surface area contributed by atoms with E-state index < -0.39 is 10.2 Å². The fourth-order valence-corrected chi connectivity index (χ4v) is 3.30. The summed E-state index contributed by atoms with van der Waals surface area (Å²) in [4.78, 5) is 14.0. The Bertz CT molecular complexity index is 636. The Morgan fingerprint density at radius 2 is 2.14 bits per heavy atom. The van der Waals surface area contributed by atoms with Crippen LogP contribution in [0.1, 0.15) is 18.4 Å². The van der Waals surface area contributed by atoms with Gasteiger partial charge >= 0.3 is 0 Å². The summed E-state index contributed by atoms with van der Waals surface area (Å²) in [7, 11) is -2.30. The van der Waals surface area contributed by atoms with Crippen LogP contribution in [0.15, 0.2) is 24.3 Å². The monoisotopic (exact) mass is 345 g/mol. The van der Waals surface area contributed by atoms with Crippen molar-refractivity contribution in [2.24, 2.45) is 0 Å². The van der Waals surface area contributed by atoms with Gasteiger partial charge in [0.1, 0.15) is 0 Å². The molecule has 1 aromatic rings. The average Bonchev–Trinajstić information content (AvgIpc) is 2.95. The zero-order valence-corrected chi connectivity index (χ0v) is 14.0. The van der Waals surface area contributed by atoms with Crippen LogP contribution in [-0.2, 0) is 21.4 Å². The van der Waals surface area contributed by atoms with Gasteiger partial charge in [0, 0.05) is 24.7 Å². The van der Waals surface area contributed by atoms with Crippen molar-refractivity contribution in [2.75, 3.05) is 20.1 Å². The number of likely N-dealkylation sites (tertiary alicyclic amines) is 1. The van der Waals surface area contributed by atoms with E-state index in [4.69, 9.17) is 11.6 Å². The molecular formula is C14H20ClN3O3S. The normalized spacial score (nSPS) is 18.6. The zero-order valence-electron chi connectivity index (χ0n) is 12.4. The minimum Gasteiger partial charge on any atom is -0.338 e. The SMILES string of the molecule is CNS(=O)(=O)NCC(=O)N1CCCC1Cc1ccccc1Cl. The quantitative estimate of drug-likeness (QED) is 0.805. The summed E-state index contributed by atoms with van der Waals surface area (Å²) >= 11 is 6.17. The number of halogens is 1. The highest BCUT2D eigenvalue weighted by atomic mass is 35.5. The molecular weight excluding hydrogens is 326 g/mol. The molecule has 6 nitrogen and oxygen atoms in total. The van der Waals surface area contributed by atoms with Crippen molar-refractivity contribution in [1.82, 2.24) is 14.3 Å². The predicted molar refractivity (Wildman–Crippen MR) is 85.9 cm³/mol. The van der Waals surface area contributed by atoms with E-state index in [1.807, 2.05) is 24.3 Å². The molecule has 1 saturated heterocycles. The molecule has 2 N–H and O–H groups in total. The van der Waals surface area contributed by atoms with Gasteiger partial charge in [0.2, 0.25) is 5.91 Å². The summed E-state index contributed by atoms with van der Waals surface area (Å²) in [5, 5.41) is 0.692. The first-order chi connectivity index (χ1) is 10.4. The Morgan fingerprint density at radius 1 is 1.41 bits per heavy atom. The van der Waals surface area contributed by atoms with Gasteiger partial charge in [-0.25, -0.2) is 4.72 Å². The third-order valence-corrected chi connectivity index (χ3v) is 5.22. The van der Waals surface area contributed by atoms with Gasteiger partial charge in [0.05, 0.1) is 6.54 Å². The van der Waals surface area contributed by atoms with Crippen LogP contribution in [0.5, 0.6) is 0 Å². The second-order valence-electron chi connectivity index (χ2n) is 5.21. The van der Waals surface area contributed by atoms with Crippen LogP contribution in [0.3, 0.4) is 0 Å². The molecule has 22 heavy (non-hydrogen) atoms. The van der Waals surface area contributed by atoms with Crippen molar-refractivity contribution in [1.29, 1.82) is 0 Å². The largest absolute Gasteiger partial charge is 0.338 e. The molecule has 0 aliphatic carbocycles. The highest BCUT2D eigenvalue weighted by Crippen LogP contribution is 2.24. The minimum absolute atomic E-state index is 0.0616. The Kier molecular flexibility index (Phi) is 5.80. The lowest BCUT2D eigenvalue weighted by molar-refractivity contribution is -0.130. The van der Waals surface area contributed by atoms with Crippen molar-refractivity contribution in [3.8, 4) is 0 Å². The lowest BCUT2D eigenvalue weighted by atomic mass is 10.0. The van der Waals surface area contributed by atoms with Gasteiger partial charge in [-0.1, -0.05) is 29.8 Å². The molecule has 0 aromatic heterocycles. The van der Waals surface area contributed by atoms with Crippen LogP contribution >= 0.6 is 11.6 Å². The molecule has 1 fully saturated rings. The third-order valence-electron chi connectivity index (χ3n) is 3.79. The van der Waals surface area contributed by atoms with Gasteiger partial charge in [-0.2, -0.15) is 13.1 Å².